The fraction of sp³-hybridized carbons (Fsp3) is 0.308. The summed E-state index contributed by atoms with van der Waals surface area (Å²) in [5, 5.41) is 9.69. The third-order valence-corrected chi connectivity index (χ3v) is 7.44. The maximum Gasteiger partial charge on any atom is 0.196 e. The number of alkyl halides is 2. The van der Waals surface area contributed by atoms with Crippen LogP contribution in [0.2, 0.25) is 0 Å². The van der Waals surface area contributed by atoms with Crippen molar-refractivity contribution in [3.8, 4) is 0 Å². The van der Waals surface area contributed by atoms with Crippen LogP contribution in [-0.4, -0.2) is 61.2 Å². The third-order valence-electron chi connectivity index (χ3n) is 5.96. The lowest BCUT2D eigenvalue weighted by Gasteiger charge is -2.25. The van der Waals surface area contributed by atoms with Crippen LogP contribution < -0.4 is 22.1 Å². The summed E-state index contributed by atoms with van der Waals surface area (Å²) >= 11 is 12.9. The van der Waals surface area contributed by atoms with Crippen LogP contribution in [0.1, 0.15) is 44.7 Å². The highest BCUT2D eigenvalue weighted by Crippen LogP contribution is 2.45. The second kappa shape index (κ2) is 15.3. The average molecular weight is 632 g/mol. The number of benzene rings is 2. The summed E-state index contributed by atoms with van der Waals surface area (Å²) in [6, 6.07) is 8.93. The number of hydrogen-bond acceptors (Lipinski definition) is 7. The molecular formula is C26H30Cl4N6O2S. The number of ketones is 2. The highest BCUT2D eigenvalue weighted by atomic mass is 35.5. The third kappa shape index (κ3) is 7.15. The molecule has 1 aromatic heterocycles. The Balaban J connectivity index is 0.00000267. The lowest BCUT2D eigenvalue weighted by Crippen LogP contribution is -2.25. The van der Waals surface area contributed by atoms with Crippen LogP contribution in [0, 0.1) is 0 Å². The van der Waals surface area contributed by atoms with Crippen LogP contribution in [0.4, 0.5) is 11.4 Å². The average Bonchev–Trinajstić information content (AvgIpc) is 3.41. The molecule has 1 heterocycles. The number of carbonyl (C=O) groups is 2. The highest BCUT2D eigenvalue weighted by molar-refractivity contribution is 7.18. The van der Waals surface area contributed by atoms with E-state index in [9.17, 15) is 9.59 Å². The second-order valence-corrected chi connectivity index (χ2v) is 9.89. The quantitative estimate of drug-likeness (QED) is 0.0550. The molecule has 0 fully saturated rings. The molecule has 1 aliphatic rings. The Hall–Kier alpha value is -2.56. The van der Waals surface area contributed by atoms with Crippen LogP contribution in [0.25, 0.3) is 10.1 Å². The Bertz CT molecular complexity index is 1290. The molecule has 0 unspecified atom stereocenters. The molecule has 0 bridgehead atoms. The summed E-state index contributed by atoms with van der Waals surface area (Å²) in [6.45, 7) is 2.11. The predicted octanol–water partition coefficient (Wildman–Crippen LogP) is 5.32. The monoisotopic (exact) mass is 630 g/mol. The van der Waals surface area contributed by atoms with Crippen molar-refractivity contribution in [3.05, 3.63) is 58.0 Å². The standard InChI is InChI=1S/C26H28Cl2N6O2S.2ClH/c27-13-18(29)31-8-3-10-33-22-17-7-12-37-26(17)23(34-11-4-9-32-19(30)14-28)21-20(22)24(35)15-5-1-2-6-16(15)25(21)36;;/h1-2,5-7,12,33-34H,3-4,8-11,13-14H2,(H2,29,31)(H2,30,32);2*1H. The number of aliphatic imine (C=N–C) groups is 2. The molecule has 0 atom stereocenters. The van der Waals surface area contributed by atoms with Gasteiger partial charge in [0.2, 0.25) is 0 Å². The van der Waals surface area contributed by atoms with E-state index in [2.05, 4.69) is 20.6 Å². The minimum Gasteiger partial charge on any atom is -0.386 e. The van der Waals surface area contributed by atoms with Gasteiger partial charge in [-0.25, -0.2) is 0 Å². The minimum atomic E-state index is -0.173. The number of anilines is 2. The molecule has 0 aliphatic heterocycles. The molecule has 39 heavy (non-hydrogen) atoms. The molecule has 1 aliphatic carbocycles. The van der Waals surface area contributed by atoms with E-state index in [1.54, 1.807) is 24.3 Å². The van der Waals surface area contributed by atoms with Gasteiger partial charge < -0.3 is 22.1 Å². The second-order valence-electron chi connectivity index (χ2n) is 8.44. The Labute approximate surface area is 253 Å². The molecule has 8 nitrogen and oxygen atoms in total. The molecule has 0 spiro atoms. The fourth-order valence-electron chi connectivity index (χ4n) is 4.27. The van der Waals surface area contributed by atoms with Crippen molar-refractivity contribution in [2.45, 2.75) is 12.8 Å². The molecule has 4 rings (SSSR count). The van der Waals surface area contributed by atoms with Gasteiger partial charge in [-0.1, -0.05) is 24.3 Å². The largest absolute Gasteiger partial charge is 0.386 e. The van der Waals surface area contributed by atoms with Crippen molar-refractivity contribution in [3.63, 3.8) is 0 Å². The molecule has 0 amide bonds. The summed E-state index contributed by atoms with van der Waals surface area (Å²) in [5.74, 6) is 0.815. The Morgan fingerprint density at radius 1 is 0.795 bits per heavy atom. The van der Waals surface area contributed by atoms with Crippen LogP contribution in [0.3, 0.4) is 0 Å². The smallest absolute Gasteiger partial charge is 0.196 e. The number of fused-ring (bicyclic) bond motifs is 3. The van der Waals surface area contributed by atoms with E-state index < -0.39 is 0 Å². The molecule has 6 N–H and O–H groups in total. The topological polar surface area (TPSA) is 135 Å². The first-order valence-corrected chi connectivity index (χ1v) is 13.9. The van der Waals surface area contributed by atoms with Crippen LogP contribution in [0.15, 0.2) is 45.7 Å². The first kappa shape index (κ1) is 32.7. The van der Waals surface area contributed by atoms with Crippen LogP contribution >= 0.6 is 59.4 Å². The van der Waals surface area contributed by atoms with Gasteiger partial charge in [-0.05, 0) is 24.3 Å². The fourth-order valence-corrected chi connectivity index (χ4v) is 5.37. The molecule has 210 valence electrons. The molecule has 0 radical (unpaired) electrons. The maximum atomic E-state index is 13.8. The van der Waals surface area contributed by atoms with Crippen LogP contribution in [-0.2, 0) is 0 Å². The molecule has 0 saturated heterocycles. The summed E-state index contributed by atoms with van der Waals surface area (Å²) in [4.78, 5) is 36.0. The summed E-state index contributed by atoms with van der Waals surface area (Å²) in [6.07, 6.45) is 1.37. The van der Waals surface area contributed by atoms with E-state index in [0.29, 0.717) is 84.3 Å². The number of amidine groups is 2. The first-order valence-electron chi connectivity index (χ1n) is 11.9. The van der Waals surface area contributed by atoms with Gasteiger partial charge in [0, 0.05) is 42.7 Å². The molecule has 13 heteroatoms. The number of halogens is 4. The summed E-state index contributed by atoms with van der Waals surface area (Å²) in [7, 11) is 0. The summed E-state index contributed by atoms with van der Waals surface area (Å²) in [5.41, 5.74) is 14.3. The molecule has 2 aromatic carbocycles. The Morgan fingerprint density at radius 3 is 1.79 bits per heavy atom. The van der Waals surface area contributed by atoms with E-state index >= 15 is 0 Å². The van der Waals surface area contributed by atoms with E-state index in [1.807, 2.05) is 11.4 Å². The first-order chi connectivity index (χ1) is 18.0. The van der Waals surface area contributed by atoms with E-state index in [0.717, 1.165) is 10.1 Å². The molecule has 0 saturated carbocycles. The number of hydrogen-bond donors (Lipinski definition) is 4. The van der Waals surface area contributed by atoms with Gasteiger partial charge in [0.05, 0.1) is 39.0 Å². The number of nitrogens with one attached hydrogen (secondary N) is 2. The van der Waals surface area contributed by atoms with Gasteiger partial charge in [0.25, 0.3) is 0 Å². The normalized spacial score (nSPS) is 12.9. The van der Waals surface area contributed by atoms with Gasteiger partial charge in [-0.3, -0.25) is 19.6 Å². The Morgan fingerprint density at radius 2 is 1.28 bits per heavy atom. The van der Waals surface area contributed by atoms with Crippen molar-refractivity contribution in [2.24, 2.45) is 21.5 Å². The van der Waals surface area contributed by atoms with Gasteiger partial charge >= 0.3 is 0 Å². The Kier molecular flexibility index (Phi) is 12.8. The highest BCUT2D eigenvalue weighted by Gasteiger charge is 2.36. The van der Waals surface area contributed by atoms with Crippen LogP contribution in [0.5, 0.6) is 0 Å². The number of rotatable bonds is 12. The lowest BCUT2D eigenvalue weighted by atomic mass is 9.81. The van der Waals surface area contributed by atoms with E-state index in [-0.39, 0.29) is 48.1 Å². The summed E-state index contributed by atoms with van der Waals surface area (Å²) < 4.78 is 0.912. The SMILES string of the molecule is Cl.Cl.NC(CCl)=NCCCNc1c2c(c(NCCCN=C(N)CCl)c3sccc13)C(=O)c1ccccc1C2=O. The van der Waals surface area contributed by atoms with Crippen molar-refractivity contribution in [1.82, 2.24) is 0 Å². The van der Waals surface area contributed by atoms with Crippen molar-refractivity contribution >= 4 is 104 Å². The number of carbonyl (C=O) groups excluding carboxylic acids is 2. The zero-order chi connectivity index (χ0) is 26.4. The predicted molar refractivity (Wildman–Crippen MR) is 170 cm³/mol. The zero-order valence-electron chi connectivity index (χ0n) is 21.0. The minimum absolute atomic E-state index is 0. The maximum absolute atomic E-state index is 13.8. The molecule has 3 aromatic rings. The zero-order valence-corrected chi connectivity index (χ0v) is 24.9. The van der Waals surface area contributed by atoms with Gasteiger partial charge in [0.15, 0.2) is 11.6 Å². The van der Waals surface area contributed by atoms with Crippen molar-refractivity contribution in [1.29, 1.82) is 0 Å². The molecular weight excluding hydrogens is 602 g/mol. The van der Waals surface area contributed by atoms with E-state index in [4.69, 9.17) is 34.7 Å². The lowest BCUT2D eigenvalue weighted by molar-refractivity contribution is 0.0980. The van der Waals surface area contributed by atoms with Gasteiger partial charge in [-0.15, -0.1) is 59.4 Å². The van der Waals surface area contributed by atoms with Crippen molar-refractivity contribution in [2.75, 3.05) is 48.6 Å². The van der Waals surface area contributed by atoms with Gasteiger partial charge in [0.1, 0.15) is 11.7 Å². The van der Waals surface area contributed by atoms with Gasteiger partial charge in [-0.2, -0.15) is 0 Å². The van der Waals surface area contributed by atoms with Crippen molar-refractivity contribution < 1.29 is 9.59 Å². The van der Waals surface area contributed by atoms with E-state index in [1.165, 1.54) is 11.3 Å². The number of thiophene rings is 1. The number of nitrogens with zero attached hydrogens (tertiary/aromatic N) is 2. The number of nitrogens with two attached hydrogens (primary N) is 2.